The van der Waals surface area contributed by atoms with Gasteiger partial charge < -0.3 is 9.73 Å². The molecule has 0 aromatic carbocycles. The summed E-state index contributed by atoms with van der Waals surface area (Å²) in [5.41, 5.74) is 0. The molecule has 0 aliphatic carbocycles. The van der Waals surface area contributed by atoms with E-state index in [2.05, 4.69) is 5.32 Å². The lowest BCUT2D eigenvalue weighted by Crippen LogP contribution is -2.27. The van der Waals surface area contributed by atoms with Gasteiger partial charge in [0.25, 0.3) is 0 Å². The summed E-state index contributed by atoms with van der Waals surface area (Å²) in [5.74, 6) is 0.942. The van der Waals surface area contributed by atoms with Crippen LogP contribution in [0.25, 0.3) is 6.08 Å². The number of furan rings is 1. The van der Waals surface area contributed by atoms with Gasteiger partial charge >= 0.3 is 0 Å². The molecule has 0 unspecified atom stereocenters. The van der Waals surface area contributed by atoms with Gasteiger partial charge in [-0.25, -0.2) is 8.42 Å². The van der Waals surface area contributed by atoms with Gasteiger partial charge in [0.1, 0.15) is 21.4 Å². The molecule has 17 heavy (non-hydrogen) atoms. The Morgan fingerprint density at radius 2 is 2.18 bits per heavy atom. The summed E-state index contributed by atoms with van der Waals surface area (Å²) >= 11 is 0. The van der Waals surface area contributed by atoms with E-state index in [9.17, 15) is 13.2 Å². The SMILES string of the molecule is Cc1ccc(/C=C\C(=O)NCCS(C)(=O)=O)o1. The summed E-state index contributed by atoms with van der Waals surface area (Å²) < 4.78 is 26.9. The number of amides is 1. The molecule has 0 aliphatic rings. The zero-order valence-electron chi connectivity index (χ0n) is 9.76. The summed E-state index contributed by atoms with van der Waals surface area (Å²) in [6.45, 7) is 1.92. The van der Waals surface area contributed by atoms with Crippen molar-refractivity contribution in [2.75, 3.05) is 18.6 Å². The second-order valence-electron chi connectivity index (χ2n) is 3.70. The van der Waals surface area contributed by atoms with Crippen molar-refractivity contribution in [3.63, 3.8) is 0 Å². The quantitative estimate of drug-likeness (QED) is 0.790. The number of hydrogen-bond donors (Lipinski definition) is 1. The van der Waals surface area contributed by atoms with E-state index in [-0.39, 0.29) is 18.2 Å². The fourth-order valence-corrected chi connectivity index (χ4v) is 1.59. The predicted octanol–water partition coefficient (Wildman–Crippen LogP) is 0.762. The molecule has 6 heteroatoms. The minimum absolute atomic E-state index is 0.0631. The lowest BCUT2D eigenvalue weighted by molar-refractivity contribution is -0.116. The summed E-state index contributed by atoms with van der Waals surface area (Å²) in [4.78, 5) is 11.3. The van der Waals surface area contributed by atoms with E-state index in [0.717, 1.165) is 12.0 Å². The maximum Gasteiger partial charge on any atom is 0.244 e. The number of hydrogen-bond acceptors (Lipinski definition) is 4. The van der Waals surface area contributed by atoms with Crippen LogP contribution in [0.2, 0.25) is 0 Å². The summed E-state index contributed by atoms with van der Waals surface area (Å²) in [7, 11) is -3.04. The molecule has 0 atom stereocenters. The summed E-state index contributed by atoms with van der Waals surface area (Å²) in [5, 5.41) is 2.47. The van der Waals surface area contributed by atoms with Gasteiger partial charge in [-0.05, 0) is 25.1 Å². The Morgan fingerprint density at radius 3 is 2.71 bits per heavy atom. The van der Waals surface area contributed by atoms with Crippen LogP contribution in [0.1, 0.15) is 11.5 Å². The monoisotopic (exact) mass is 257 g/mol. The standard InChI is InChI=1S/C11H15NO4S/c1-9-3-4-10(16-9)5-6-11(13)12-7-8-17(2,14)15/h3-6H,7-8H2,1-2H3,(H,12,13)/b6-5-. The second-order valence-corrected chi connectivity index (χ2v) is 5.96. The number of rotatable bonds is 5. The average Bonchev–Trinajstić information content (AvgIpc) is 2.59. The van der Waals surface area contributed by atoms with Crippen molar-refractivity contribution >= 4 is 21.8 Å². The molecule has 0 fully saturated rings. The van der Waals surface area contributed by atoms with E-state index in [0.29, 0.717) is 5.76 Å². The van der Waals surface area contributed by atoms with Crippen LogP contribution in [0.3, 0.4) is 0 Å². The molecule has 1 heterocycles. The highest BCUT2D eigenvalue weighted by Crippen LogP contribution is 2.07. The van der Waals surface area contributed by atoms with Crippen LogP contribution in [0.5, 0.6) is 0 Å². The molecule has 0 aliphatic heterocycles. The maximum atomic E-state index is 11.3. The molecule has 1 amide bonds. The van der Waals surface area contributed by atoms with Crippen molar-refractivity contribution in [3.8, 4) is 0 Å². The van der Waals surface area contributed by atoms with E-state index in [1.165, 1.54) is 12.2 Å². The van der Waals surface area contributed by atoms with E-state index in [1.807, 2.05) is 6.92 Å². The van der Waals surface area contributed by atoms with Gasteiger partial charge in [0.05, 0.1) is 5.75 Å². The lowest BCUT2D eigenvalue weighted by Gasteiger charge is -1.99. The normalized spacial score (nSPS) is 11.9. The zero-order chi connectivity index (χ0) is 12.9. The minimum Gasteiger partial charge on any atom is -0.462 e. The zero-order valence-corrected chi connectivity index (χ0v) is 10.6. The fourth-order valence-electron chi connectivity index (χ4n) is 1.12. The highest BCUT2D eigenvalue weighted by Gasteiger charge is 2.02. The van der Waals surface area contributed by atoms with Gasteiger partial charge in [0.2, 0.25) is 5.91 Å². The Labute approximate surface area is 100 Å². The Hall–Kier alpha value is -1.56. The molecular formula is C11H15NO4S. The van der Waals surface area contributed by atoms with E-state index < -0.39 is 9.84 Å². The van der Waals surface area contributed by atoms with Crippen LogP contribution in [0, 0.1) is 6.92 Å². The number of sulfone groups is 1. The highest BCUT2D eigenvalue weighted by atomic mass is 32.2. The average molecular weight is 257 g/mol. The van der Waals surface area contributed by atoms with Crippen molar-refractivity contribution in [1.29, 1.82) is 0 Å². The van der Waals surface area contributed by atoms with E-state index >= 15 is 0 Å². The molecule has 1 aromatic rings. The second kappa shape index (κ2) is 5.67. The maximum absolute atomic E-state index is 11.3. The van der Waals surface area contributed by atoms with Crippen LogP contribution in [-0.4, -0.2) is 32.9 Å². The first-order valence-corrected chi connectivity index (χ1v) is 7.13. The van der Waals surface area contributed by atoms with Crippen LogP contribution in [-0.2, 0) is 14.6 Å². The first kappa shape index (κ1) is 13.5. The molecule has 94 valence electrons. The molecule has 1 N–H and O–H groups in total. The first-order chi connectivity index (χ1) is 7.87. The molecule has 1 rings (SSSR count). The molecule has 1 aromatic heterocycles. The molecule has 5 nitrogen and oxygen atoms in total. The van der Waals surface area contributed by atoms with Crippen LogP contribution < -0.4 is 5.32 Å². The van der Waals surface area contributed by atoms with E-state index in [4.69, 9.17) is 4.42 Å². The van der Waals surface area contributed by atoms with Gasteiger partial charge in [-0.15, -0.1) is 0 Å². The fraction of sp³-hybridized carbons (Fsp3) is 0.364. The smallest absolute Gasteiger partial charge is 0.244 e. The number of aryl methyl sites for hydroxylation is 1. The third-order valence-corrected chi connectivity index (χ3v) is 2.88. The molecule has 0 saturated carbocycles. The van der Waals surface area contributed by atoms with Crippen molar-refractivity contribution in [1.82, 2.24) is 5.32 Å². The van der Waals surface area contributed by atoms with Gasteiger partial charge in [-0.1, -0.05) is 0 Å². The van der Waals surface area contributed by atoms with Crippen LogP contribution in [0.4, 0.5) is 0 Å². The third-order valence-electron chi connectivity index (χ3n) is 1.93. The number of carbonyl (C=O) groups excluding carboxylic acids is 1. The Balaban J connectivity index is 2.37. The molecule has 0 saturated heterocycles. The Morgan fingerprint density at radius 1 is 1.47 bits per heavy atom. The van der Waals surface area contributed by atoms with Gasteiger partial charge in [0, 0.05) is 18.9 Å². The van der Waals surface area contributed by atoms with Crippen molar-refractivity contribution < 1.29 is 17.6 Å². The molecule has 0 spiro atoms. The number of carbonyl (C=O) groups is 1. The largest absolute Gasteiger partial charge is 0.462 e. The van der Waals surface area contributed by atoms with Gasteiger partial charge in [-0.3, -0.25) is 4.79 Å². The predicted molar refractivity (Wildman–Crippen MR) is 65.2 cm³/mol. The first-order valence-electron chi connectivity index (χ1n) is 5.07. The van der Waals surface area contributed by atoms with Crippen molar-refractivity contribution in [2.45, 2.75) is 6.92 Å². The lowest BCUT2D eigenvalue weighted by atomic mass is 10.4. The highest BCUT2D eigenvalue weighted by molar-refractivity contribution is 7.90. The van der Waals surface area contributed by atoms with Crippen LogP contribution >= 0.6 is 0 Å². The minimum atomic E-state index is -3.04. The molecule has 0 radical (unpaired) electrons. The number of nitrogens with one attached hydrogen (secondary N) is 1. The van der Waals surface area contributed by atoms with Gasteiger partial charge in [-0.2, -0.15) is 0 Å². The Kier molecular flexibility index (Phi) is 4.51. The van der Waals surface area contributed by atoms with Gasteiger partial charge in [0.15, 0.2) is 0 Å². The summed E-state index contributed by atoms with van der Waals surface area (Å²) in [6, 6.07) is 3.54. The van der Waals surface area contributed by atoms with Crippen molar-refractivity contribution in [2.24, 2.45) is 0 Å². The van der Waals surface area contributed by atoms with E-state index in [1.54, 1.807) is 12.1 Å². The molecular weight excluding hydrogens is 242 g/mol. The Bertz CT molecular complexity index is 513. The van der Waals surface area contributed by atoms with Crippen molar-refractivity contribution in [3.05, 3.63) is 29.7 Å². The topological polar surface area (TPSA) is 76.4 Å². The third kappa shape index (κ3) is 5.91. The molecule has 0 bridgehead atoms. The van der Waals surface area contributed by atoms with Crippen LogP contribution in [0.15, 0.2) is 22.6 Å². The summed E-state index contributed by atoms with van der Waals surface area (Å²) in [6.07, 6.45) is 3.96.